The highest BCUT2D eigenvalue weighted by atomic mass is 16.5. The van der Waals surface area contributed by atoms with Crippen LogP contribution in [0.25, 0.3) is 0 Å². The summed E-state index contributed by atoms with van der Waals surface area (Å²) in [7, 11) is 1.61. The van der Waals surface area contributed by atoms with E-state index in [9.17, 15) is 14.4 Å². The molecule has 5 rings (SSSR count). The number of carbonyl (C=O) groups excluding carboxylic acids is 3. The Morgan fingerprint density at radius 2 is 1.77 bits per heavy atom. The van der Waals surface area contributed by atoms with Crippen molar-refractivity contribution in [3.8, 4) is 5.75 Å². The number of anilines is 1. The van der Waals surface area contributed by atoms with Crippen molar-refractivity contribution in [2.75, 3.05) is 38.3 Å². The number of methoxy groups -OCH3 is 1. The summed E-state index contributed by atoms with van der Waals surface area (Å²) in [6.07, 6.45) is 6.88. The average molecular weight is 548 g/mol. The summed E-state index contributed by atoms with van der Waals surface area (Å²) >= 11 is 0. The Kier molecular flexibility index (Phi) is 8.59. The smallest absolute Gasteiger partial charge is 0.250 e. The van der Waals surface area contributed by atoms with Gasteiger partial charge in [0.15, 0.2) is 0 Å². The first kappa shape index (κ1) is 28.0. The molecule has 0 unspecified atom stereocenters. The number of benzene rings is 2. The minimum absolute atomic E-state index is 0.0390. The molecule has 2 saturated heterocycles. The number of nitrogens with one attached hydrogen (secondary N) is 1. The van der Waals surface area contributed by atoms with Gasteiger partial charge in [-0.1, -0.05) is 49.6 Å². The van der Waals surface area contributed by atoms with Crippen molar-refractivity contribution in [1.29, 1.82) is 0 Å². The fourth-order valence-electron chi connectivity index (χ4n) is 6.49. The summed E-state index contributed by atoms with van der Waals surface area (Å²) in [6, 6.07) is 17.0. The third-order valence-corrected chi connectivity index (χ3v) is 8.70. The van der Waals surface area contributed by atoms with Gasteiger partial charge in [-0.05, 0) is 61.9 Å². The van der Waals surface area contributed by atoms with Gasteiger partial charge < -0.3 is 30.5 Å². The number of nitrogens with zero attached hydrogens (tertiary/aromatic N) is 3. The Morgan fingerprint density at radius 1 is 1.05 bits per heavy atom. The average Bonchev–Trinajstić information content (AvgIpc) is 3.24. The minimum Gasteiger partial charge on any atom is -0.497 e. The Morgan fingerprint density at radius 3 is 2.48 bits per heavy atom. The van der Waals surface area contributed by atoms with Crippen LogP contribution < -0.4 is 20.7 Å². The first-order valence-electron chi connectivity index (χ1n) is 14.5. The maximum atomic E-state index is 14.0. The molecule has 2 aromatic carbocycles. The third-order valence-electron chi connectivity index (χ3n) is 8.70. The summed E-state index contributed by atoms with van der Waals surface area (Å²) in [4.78, 5) is 45.8. The summed E-state index contributed by atoms with van der Waals surface area (Å²) in [5.74, 6) is 0.484. The van der Waals surface area contributed by atoms with Crippen molar-refractivity contribution in [1.82, 2.24) is 15.1 Å². The molecule has 2 aromatic rings. The quantitative estimate of drug-likeness (QED) is 0.526. The van der Waals surface area contributed by atoms with Gasteiger partial charge in [-0.15, -0.1) is 0 Å². The maximum absolute atomic E-state index is 14.0. The van der Waals surface area contributed by atoms with Crippen molar-refractivity contribution in [2.45, 2.75) is 69.0 Å². The topological polar surface area (TPSA) is 108 Å². The highest BCUT2D eigenvalue weighted by Gasteiger charge is 2.54. The first-order chi connectivity index (χ1) is 19.4. The van der Waals surface area contributed by atoms with E-state index in [4.69, 9.17) is 10.5 Å². The lowest BCUT2D eigenvalue weighted by molar-refractivity contribution is -0.140. The number of ether oxygens (including phenoxy) is 1. The second kappa shape index (κ2) is 12.3. The van der Waals surface area contributed by atoms with Crippen LogP contribution >= 0.6 is 0 Å². The number of hydrogen-bond donors (Lipinski definition) is 2. The number of piperidine rings is 1. The zero-order valence-electron chi connectivity index (χ0n) is 23.4. The predicted octanol–water partition coefficient (Wildman–Crippen LogP) is 2.68. The Hall–Kier alpha value is -3.59. The lowest BCUT2D eigenvalue weighted by Gasteiger charge is -2.43. The van der Waals surface area contributed by atoms with Crippen molar-refractivity contribution >= 4 is 23.4 Å². The summed E-state index contributed by atoms with van der Waals surface area (Å²) < 4.78 is 5.29. The lowest BCUT2D eigenvalue weighted by atomic mass is 9.85. The largest absolute Gasteiger partial charge is 0.497 e. The van der Waals surface area contributed by atoms with Gasteiger partial charge >= 0.3 is 0 Å². The number of hydrogen-bond acceptors (Lipinski definition) is 6. The van der Waals surface area contributed by atoms with Gasteiger partial charge in [0.1, 0.15) is 17.8 Å². The van der Waals surface area contributed by atoms with E-state index in [0.29, 0.717) is 39.0 Å². The molecule has 1 spiro atoms. The molecular formula is C31H41N5O4. The molecule has 1 atom stereocenters. The second-order valence-electron chi connectivity index (χ2n) is 11.3. The number of likely N-dealkylation sites (tertiary alicyclic amines) is 1. The van der Waals surface area contributed by atoms with Gasteiger partial charge in [0, 0.05) is 24.8 Å². The maximum Gasteiger partial charge on any atom is 0.250 e. The summed E-state index contributed by atoms with van der Waals surface area (Å²) in [5.41, 5.74) is 7.45. The molecule has 214 valence electrons. The van der Waals surface area contributed by atoms with Gasteiger partial charge in [-0.3, -0.25) is 14.4 Å². The normalized spacial score (nSPS) is 20.1. The molecule has 40 heavy (non-hydrogen) atoms. The SMILES string of the molecule is COc1cccc(C[C@@H](N)C(=O)N2CCC3(CC2)C(=O)N(CC(=O)NC2CCCCC2)CN3c2ccccc2)c1. The van der Waals surface area contributed by atoms with E-state index in [0.717, 1.165) is 42.7 Å². The van der Waals surface area contributed by atoms with Gasteiger partial charge in [0.05, 0.1) is 19.8 Å². The fraction of sp³-hybridized carbons (Fsp3) is 0.516. The lowest BCUT2D eigenvalue weighted by Crippen LogP contribution is -2.59. The Balaban J connectivity index is 1.26. The van der Waals surface area contributed by atoms with Crippen LogP contribution in [-0.2, 0) is 20.8 Å². The Labute approximate surface area is 236 Å². The number of nitrogens with two attached hydrogens (primary N) is 1. The molecule has 9 heteroatoms. The number of carbonyl (C=O) groups is 3. The highest BCUT2D eigenvalue weighted by Crippen LogP contribution is 2.39. The number of para-hydroxylation sites is 1. The molecule has 1 saturated carbocycles. The van der Waals surface area contributed by atoms with Gasteiger partial charge in [0.25, 0.3) is 5.91 Å². The molecule has 0 bridgehead atoms. The van der Waals surface area contributed by atoms with Gasteiger partial charge in [-0.2, -0.15) is 0 Å². The molecule has 2 aliphatic heterocycles. The molecule has 1 aliphatic carbocycles. The van der Waals surface area contributed by atoms with Crippen LogP contribution in [0.5, 0.6) is 5.75 Å². The van der Waals surface area contributed by atoms with E-state index in [1.807, 2.05) is 54.6 Å². The molecule has 3 fully saturated rings. The van der Waals surface area contributed by atoms with E-state index < -0.39 is 11.6 Å². The Bertz CT molecular complexity index is 1190. The van der Waals surface area contributed by atoms with E-state index in [2.05, 4.69) is 10.2 Å². The van der Waals surface area contributed by atoms with Crippen molar-refractivity contribution < 1.29 is 19.1 Å². The van der Waals surface area contributed by atoms with Crippen LogP contribution in [0.4, 0.5) is 5.69 Å². The monoisotopic (exact) mass is 547 g/mol. The fourth-order valence-corrected chi connectivity index (χ4v) is 6.49. The van der Waals surface area contributed by atoms with Crippen molar-refractivity contribution in [3.63, 3.8) is 0 Å². The second-order valence-corrected chi connectivity index (χ2v) is 11.3. The molecule has 3 N–H and O–H groups in total. The third kappa shape index (κ3) is 5.94. The van der Waals surface area contributed by atoms with Crippen molar-refractivity contribution in [3.05, 3.63) is 60.2 Å². The highest BCUT2D eigenvalue weighted by molar-refractivity contribution is 5.96. The molecule has 2 heterocycles. The summed E-state index contributed by atoms with van der Waals surface area (Å²) in [5, 5.41) is 3.15. The van der Waals surface area contributed by atoms with Crippen LogP contribution in [0.1, 0.15) is 50.5 Å². The molecule has 0 aromatic heterocycles. The molecular weight excluding hydrogens is 506 g/mol. The van der Waals surface area contributed by atoms with Crippen LogP contribution in [0.15, 0.2) is 54.6 Å². The van der Waals surface area contributed by atoms with Gasteiger partial charge in [0.2, 0.25) is 11.8 Å². The van der Waals surface area contributed by atoms with Crippen molar-refractivity contribution in [2.24, 2.45) is 5.73 Å². The van der Waals surface area contributed by atoms with Crippen LogP contribution in [-0.4, -0.2) is 78.6 Å². The molecule has 3 amide bonds. The van der Waals surface area contributed by atoms with E-state index >= 15 is 0 Å². The summed E-state index contributed by atoms with van der Waals surface area (Å²) in [6.45, 7) is 1.27. The minimum atomic E-state index is -0.792. The number of amides is 3. The standard InChI is InChI=1S/C31H41N5O4/c1-40-26-14-8-9-23(19-26)20-27(32)29(38)34-17-15-31(16-18-34)30(39)35(22-36(31)25-12-6-3-7-13-25)21-28(37)33-24-10-4-2-5-11-24/h3,6-9,12-14,19,24,27H,2,4-5,10-11,15-18,20-22,32H2,1H3,(H,33,37)/t27-/m1/s1. The zero-order chi connectivity index (χ0) is 28.1. The first-order valence-corrected chi connectivity index (χ1v) is 14.5. The van der Waals surface area contributed by atoms with E-state index in [1.165, 1.54) is 6.42 Å². The number of rotatable bonds is 8. The van der Waals surface area contributed by atoms with Crippen LogP contribution in [0.2, 0.25) is 0 Å². The molecule has 9 nitrogen and oxygen atoms in total. The van der Waals surface area contributed by atoms with E-state index in [1.54, 1.807) is 16.9 Å². The molecule has 0 radical (unpaired) electrons. The van der Waals surface area contributed by atoms with Crippen LogP contribution in [0.3, 0.4) is 0 Å². The molecule has 3 aliphatic rings. The van der Waals surface area contributed by atoms with E-state index in [-0.39, 0.29) is 30.3 Å². The van der Waals surface area contributed by atoms with Crippen LogP contribution in [0, 0.1) is 0 Å². The zero-order valence-corrected chi connectivity index (χ0v) is 23.4. The predicted molar refractivity (Wildman–Crippen MR) is 154 cm³/mol. The van der Waals surface area contributed by atoms with Gasteiger partial charge in [-0.25, -0.2) is 0 Å².